The van der Waals surface area contributed by atoms with Crippen LogP contribution in [0.25, 0.3) is 0 Å². The van der Waals surface area contributed by atoms with E-state index in [9.17, 15) is 10.0 Å². The van der Waals surface area contributed by atoms with Gasteiger partial charge in [-0.05, 0) is 37.0 Å². The highest BCUT2D eigenvalue weighted by Gasteiger charge is 2.13. The molecule has 1 aromatic rings. The number of rotatable bonds is 9. The van der Waals surface area contributed by atoms with Crippen LogP contribution in [0.2, 0.25) is 0 Å². The van der Waals surface area contributed by atoms with Crippen molar-refractivity contribution in [2.45, 2.75) is 13.1 Å². The fraction of sp³-hybridized carbons (Fsp3) is 0.571. The third-order valence-electron chi connectivity index (χ3n) is 3.22. The van der Waals surface area contributed by atoms with Gasteiger partial charge in [-0.15, -0.1) is 4.91 Å². The Morgan fingerprint density at radius 3 is 2.00 bits per heavy atom. The monoisotopic (exact) mass is 297 g/mol. The molecular formula is C14H23N3O4. The predicted octanol–water partition coefficient (Wildman–Crippen LogP) is 0.638. The molecule has 0 amide bonds. The summed E-state index contributed by atoms with van der Waals surface area (Å²) in [4.78, 5) is 14.7. The molecule has 7 nitrogen and oxygen atoms in total. The molecule has 0 aliphatic heterocycles. The van der Waals surface area contributed by atoms with Crippen LogP contribution in [0, 0.1) is 4.91 Å². The Labute approximate surface area is 124 Å². The molecule has 0 aliphatic rings. The van der Waals surface area contributed by atoms with Crippen molar-refractivity contribution in [1.29, 1.82) is 0 Å². The van der Waals surface area contributed by atoms with E-state index in [4.69, 9.17) is 10.2 Å². The summed E-state index contributed by atoms with van der Waals surface area (Å²) in [5.74, 6) is 0.0968. The van der Waals surface area contributed by atoms with Crippen LogP contribution in [0.1, 0.15) is 11.1 Å². The van der Waals surface area contributed by atoms with Crippen molar-refractivity contribution in [3.63, 3.8) is 0 Å². The van der Waals surface area contributed by atoms with Gasteiger partial charge in [-0.1, -0.05) is 0 Å². The molecule has 0 aliphatic carbocycles. The zero-order chi connectivity index (χ0) is 15.8. The molecule has 0 bridgehead atoms. The molecule has 0 unspecified atom stereocenters. The first kappa shape index (κ1) is 17.5. The van der Waals surface area contributed by atoms with Gasteiger partial charge in [0.25, 0.3) is 0 Å². The van der Waals surface area contributed by atoms with Gasteiger partial charge in [0, 0.05) is 31.7 Å². The number of aliphatic hydroxyl groups excluding tert-OH is 2. The van der Waals surface area contributed by atoms with Crippen molar-refractivity contribution in [1.82, 2.24) is 9.80 Å². The number of aromatic hydroxyl groups is 1. The summed E-state index contributed by atoms with van der Waals surface area (Å²) in [6, 6.07) is 3.10. The Hall–Kier alpha value is -1.54. The topological polar surface area (TPSA) is 96.6 Å². The first-order chi connectivity index (χ1) is 10.0. The van der Waals surface area contributed by atoms with Crippen molar-refractivity contribution in [3.8, 4) is 5.75 Å². The third kappa shape index (κ3) is 5.39. The van der Waals surface area contributed by atoms with Crippen LogP contribution < -0.4 is 0 Å². The molecule has 7 heteroatoms. The Morgan fingerprint density at radius 2 is 1.52 bits per heavy atom. The average molecular weight is 297 g/mol. The number of hydrogen-bond acceptors (Lipinski definition) is 7. The minimum absolute atomic E-state index is 0.0242. The van der Waals surface area contributed by atoms with Gasteiger partial charge in [-0.25, -0.2) is 0 Å². The summed E-state index contributed by atoms with van der Waals surface area (Å²) in [7, 11) is 3.62. The number of nitroso groups, excluding NO2 is 1. The molecule has 3 N–H and O–H groups in total. The zero-order valence-electron chi connectivity index (χ0n) is 12.5. The molecule has 0 saturated heterocycles. The smallest absolute Gasteiger partial charge is 0.120 e. The number of hydrogen-bond donors (Lipinski definition) is 3. The largest absolute Gasteiger partial charge is 0.508 e. The molecule has 0 radical (unpaired) electrons. The second kappa shape index (κ2) is 8.68. The quantitative estimate of drug-likeness (QED) is 0.579. The summed E-state index contributed by atoms with van der Waals surface area (Å²) in [6.07, 6.45) is 0. The maximum absolute atomic E-state index is 11.0. The lowest BCUT2D eigenvalue weighted by molar-refractivity contribution is 0.215. The van der Waals surface area contributed by atoms with Gasteiger partial charge in [-0.2, -0.15) is 0 Å². The molecule has 0 fully saturated rings. The van der Waals surface area contributed by atoms with E-state index < -0.39 is 0 Å². The molecule has 0 saturated carbocycles. The summed E-state index contributed by atoms with van der Waals surface area (Å²) in [5, 5.41) is 30.9. The minimum atomic E-state index is 0.0242. The number of likely N-dealkylation sites (N-methyl/N-ethyl adjacent to an activating group) is 2. The van der Waals surface area contributed by atoms with Crippen molar-refractivity contribution in [2.24, 2.45) is 5.18 Å². The van der Waals surface area contributed by atoms with E-state index in [1.807, 2.05) is 23.9 Å². The highest BCUT2D eigenvalue weighted by molar-refractivity contribution is 5.53. The van der Waals surface area contributed by atoms with E-state index in [-0.39, 0.29) is 24.7 Å². The highest BCUT2D eigenvalue weighted by Crippen LogP contribution is 2.30. The van der Waals surface area contributed by atoms with E-state index >= 15 is 0 Å². The van der Waals surface area contributed by atoms with E-state index in [1.165, 1.54) is 6.07 Å². The Morgan fingerprint density at radius 1 is 1.00 bits per heavy atom. The molecule has 0 aromatic heterocycles. The van der Waals surface area contributed by atoms with Crippen LogP contribution in [0.4, 0.5) is 5.69 Å². The van der Waals surface area contributed by atoms with Crippen LogP contribution in [0.15, 0.2) is 17.3 Å². The third-order valence-corrected chi connectivity index (χ3v) is 3.22. The van der Waals surface area contributed by atoms with Gasteiger partial charge in [0.05, 0.1) is 13.2 Å². The molecule has 0 atom stereocenters. The average Bonchev–Trinajstić information content (AvgIpc) is 2.42. The van der Waals surface area contributed by atoms with Crippen molar-refractivity contribution in [3.05, 3.63) is 28.2 Å². The highest BCUT2D eigenvalue weighted by atomic mass is 16.3. The van der Waals surface area contributed by atoms with Gasteiger partial charge < -0.3 is 15.3 Å². The Kier molecular flexibility index (Phi) is 7.24. The van der Waals surface area contributed by atoms with Gasteiger partial charge in [0.15, 0.2) is 0 Å². The van der Waals surface area contributed by atoms with Gasteiger partial charge in [0.1, 0.15) is 11.4 Å². The molecule has 1 aromatic carbocycles. The van der Waals surface area contributed by atoms with Crippen molar-refractivity contribution in [2.75, 3.05) is 40.4 Å². The molecular weight excluding hydrogens is 274 g/mol. The van der Waals surface area contributed by atoms with E-state index in [0.717, 1.165) is 0 Å². The normalized spacial score (nSPS) is 11.3. The maximum Gasteiger partial charge on any atom is 0.120 e. The van der Waals surface area contributed by atoms with Crippen molar-refractivity contribution < 1.29 is 15.3 Å². The summed E-state index contributed by atoms with van der Waals surface area (Å²) in [5.41, 5.74) is 1.49. The van der Waals surface area contributed by atoms with E-state index in [2.05, 4.69) is 5.18 Å². The lowest BCUT2D eigenvalue weighted by atomic mass is 10.1. The first-order valence-electron chi connectivity index (χ1n) is 6.78. The van der Waals surface area contributed by atoms with Gasteiger partial charge in [0.2, 0.25) is 0 Å². The van der Waals surface area contributed by atoms with Crippen LogP contribution in [0.3, 0.4) is 0 Å². The number of benzene rings is 1. The lowest BCUT2D eigenvalue weighted by Crippen LogP contribution is -2.22. The molecule has 1 rings (SSSR count). The zero-order valence-corrected chi connectivity index (χ0v) is 12.5. The maximum atomic E-state index is 11.0. The predicted molar refractivity (Wildman–Crippen MR) is 80.4 cm³/mol. The molecule has 0 spiro atoms. The summed E-state index contributed by atoms with van der Waals surface area (Å²) in [6.45, 7) is 1.84. The Bertz CT molecular complexity index is 468. The van der Waals surface area contributed by atoms with Crippen LogP contribution in [-0.4, -0.2) is 65.5 Å². The van der Waals surface area contributed by atoms with E-state index in [0.29, 0.717) is 37.3 Å². The van der Waals surface area contributed by atoms with Crippen LogP contribution in [-0.2, 0) is 13.1 Å². The molecule has 0 heterocycles. The number of phenols is 1. The second-order valence-corrected chi connectivity index (χ2v) is 5.12. The minimum Gasteiger partial charge on any atom is -0.508 e. The first-order valence-corrected chi connectivity index (χ1v) is 6.78. The fourth-order valence-corrected chi connectivity index (χ4v) is 2.08. The van der Waals surface area contributed by atoms with Crippen molar-refractivity contribution >= 4 is 5.69 Å². The van der Waals surface area contributed by atoms with E-state index in [1.54, 1.807) is 6.07 Å². The van der Waals surface area contributed by atoms with Gasteiger partial charge in [-0.3, -0.25) is 9.80 Å². The number of aliphatic hydroxyl groups is 2. The van der Waals surface area contributed by atoms with Crippen LogP contribution in [0.5, 0.6) is 5.75 Å². The molecule has 118 valence electrons. The Balaban J connectivity index is 2.93. The van der Waals surface area contributed by atoms with Gasteiger partial charge >= 0.3 is 0 Å². The number of nitrogens with zero attached hydrogens (tertiary/aromatic N) is 3. The second-order valence-electron chi connectivity index (χ2n) is 5.12. The SMILES string of the molecule is CN(CCO)Cc1cc(N=O)c(CN(C)CCO)cc1O. The number of phenolic OH excluding ortho intramolecular Hbond substituents is 1. The summed E-state index contributed by atoms with van der Waals surface area (Å²) < 4.78 is 0. The standard InChI is InChI=1S/C14H23N3O4/c1-16(3-5-18)9-11-8-14(20)12(7-13(11)15-21)10-17(2)4-6-19/h7-8,18-20H,3-6,9-10H2,1-2H3. The fourth-order valence-electron chi connectivity index (χ4n) is 2.08. The lowest BCUT2D eigenvalue weighted by Gasteiger charge is -2.19. The summed E-state index contributed by atoms with van der Waals surface area (Å²) >= 11 is 0. The molecule has 21 heavy (non-hydrogen) atoms. The van der Waals surface area contributed by atoms with Crippen LogP contribution >= 0.6 is 0 Å².